The SMILES string of the molecule is Cc1nc2ccccc2n(CC(=O)NN=Cc2ccccc2O)c1=O. The van der Waals surface area contributed by atoms with Crippen molar-refractivity contribution < 1.29 is 9.90 Å². The molecule has 1 heterocycles. The number of para-hydroxylation sites is 3. The van der Waals surface area contributed by atoms with Crippen molar-refractivity contribution in [2.24, 2.45) is 5.10 Å². The fourth-order valence-electron chi connectivity index (χ4n) is 2.43. The van der Waals surface area contributed by atoms with Gasteiger partial charge in [0.1, 0.15) is 18.0 Å². The molecule has 0 spiro atoms. The maximum atomic E-state index is 12.3. The summed E-state index contributed by atoms with van der Waals surface area (Å²) in [4.78, 5) is 28.7. The van der Waals surface area contributed by atoms with Crippen LogP contribution in [-0.4, -0.2) is 26.8 Å². The molecule has 0 aliphatic heterocycles. The number of phenolic OH excluding ortho intramolecular Hbond substituents is 1. The number of carbonyl (C=O) groups excluding carboxylic acids is 1. The van der Waals surface area contributed by atoms with Crippen LogP contribution in [0.3, 0.4) is 0 Å². The lowest BCUT2D eigenvalue weighted by Crippen LogP contribution is -2.31. The number of amides is 1. The molecule has 0 atom stereocenters. The number of aromatic nitrogens is 2. The monoisotopic (exact) mass is 336 g/mol. The van der Waals surface area contributed by atoms with E-state index in [2.05, 4.69) is 15.5 Å². The minimum atomic E-state index is -0.454. The van der Waals surface area contributed by atoms with E-state index in [0.717, 1.165) is 0 Å². The van der Waals surface area contributed by atoms with E-state index < -0.39 is 5.91 Å². The van der Waals surface area contributed by atoms with Crippen LogP contribution < -0.4 is 11.0 Å². The molecule has 2 N–H and O–H groups in total. The number of fused-ring (bicyclic) bond motifs is 1. The predicted molar refractivity (Wildman–Crippen MR) is 94.6 cm³/mol. The van der Waals surface area contributed by atoms with Gasteiger partial charge >= 0.3 is 0 Å². The van der Waals surface area contributed by atoms with Crippen molar-refractivity contribution in [3.05, 3.63) is 70.1 Å². The predicted octanol–water partition coefficient (Wildman–Crippen LogP) is 1.56. The minimum absolute atomic E-state index is 0.0625. The summed E-state index contributed by atoms with van der Waals surface area (Å²) >= 11 is 0. The summed E-state index contributed by atoms with van der Waals surface area (Å²) in [5.74, 6) is -0.392. The third-order valence-corrected chi connectivity index (χ3v) is 3.65. The highest BCUT2D eigenvalue weighted by molar-refractivity contribution is 5.85. The highest BCUT2D eigenvalue weighted by atomic mass is 16.3. The number of aryl methyl sites for hydroxylation is 1. The van der Waals surface area contributed by atoms with Crippen LogP contribution in [0.5, 0.6) is 5.75 Å². The van der Waals surface area contributed by atoms with Crippen molar-refractivity contribution in [1.82, 2.24) is 15.0 Å². The van der Waals surface area contributed by atoms with Gasteiger partial charge in [0.25, 0.3) is 11.5 Å². The zero-order valence-electron chi connectivity index (χ0n) is 13.5. The summed E-state index contributed by atoms with van der Waals surface area (Å²) in [5, 5.41) is 13.5. The summed E-state index contributed by atoms with van der Waals surface area (Å²) in [6.45, 7) is 1.43. The van der Waals surface area contributed by atoms with E-state index in [1.807, 2.05) is 6.07 Å². The molecule has 7 nitrogen and oxygen atoms in total. The van der Waals surface area contributed by atoms with E-state index in [9.17, 15) is 14.7 Å². The van der Waals surface area contributed by atoms with Gasteiger partial charge in [-0.3, -0.25) is 14.2 Å². The number of hydrogen-bond acceptors (Lipinski definition) is 5. The maximum absolute atomic E-state index is 12.3. The molecule has 3 rings (SSSR count). The third kappa shape index (κ3) is 3.55. The van der Waals surface area contributed by atoms with E-state index in [4.69, 9.17) is 0 Å². The van der Waals surface area contributed by atoms with Gasteiger partial charge in [-0.05, 0) is 31.2 Å². The zero-order valence-corrected chi connectivity index (χ0v) is 13.5. The van der Waals surface area contributed by atoms with Crippen molar-refractivity contribution >= 4 is 23.2 Å². The van der Waals surface area contributed by atoms with Crippen LogP contribution in [0.4, 0.5) is 0 Å². The molecule has 0 unspecified atom stereocenters. The molecule has 2 aromatic carbocycles. The summed E-state index contributed by atoms with van der Waals surface area (Å²) < 4.78 is 1.36. The van der Waals surface area contributed by atoms with Crippen LogP contribution in [0.2, 0.25) is 0 Å². The van der Waals surface area contributed by atoms with Crippen LogP contribution in [0, 0.1) is 6.92 Å². The van der Waals surface area contributed by atoms with Gasteiger partial charge in [-0.1, -0.05) is 24.3 Å². The van der Waals surface area contributed by atoms with Crippen molar-refractivity contribution in [2.45, 2.75) is 13.5 Å². The van der Waals surface area contributed by atoms with Crippen LogP contribution in [0.15, 0.2) is 58.4 Å². The summed E-state index contributed by atoms with van der Waals surface area (Å²) in [6, 6.07) is 13.7. The first-order valence-electron chi connectivity index (χ1n) is 7.62. The molecule has 1 aromatic heterocycles. The Balaban J connectivity index is 1.80. The molecule has 0 saturated heterocycles. The van der Waals surface area contributed by atoms with E-state index in [1.54, 1.807) is 43.3 Å². The Morgan fingerprint density at radius 1 is 1.24 bits per heavy atom. The Bertz CT molecular complexity index is 1020. The molecule has 0 saturated carbocycles. The number of benzene rings is 2. The van der Waals surface area contributed by atoms with Gasteiger partial charge in [0.15, 0.2) is 0 Å². The Morgan fingerprint density at radius 3 is 2.76 bits per heavy atom. The molecule has 25 heavy (non-hydrogen) atoms. The summed E-state index contributed by atoms with van der Waals surface area (Å²) in [7, 11) is 0. The Labute approximate surface area is 143 Å². The smallest absolute Gasteiger partial charge is 0.272 e. The molecule has 0 fully saturated rings. The third-order valence-electron chi connectivity index (χ3n) is 3.65. The summed E-state index contributed by atoms with van der Waals surface area (Å²) in [5.41, 5.74) is 4.06. The quantitative estimate of drug-likeness (QED) is 0.558. The average Bonchev–Trinajstić information content (AvgIpc) is 2.60. The summed E-state index contributed by atoms with van der Waals surface area (Å²) in [6.07, 6.45) is 1.34. The van der Waals surface area contributed by atoms with Gasteiger partial charge < -0.3 is 5.11 Å². The molecule has 126 valence electrons. The van der Waals surface area contributed by atoms with Crippen molar-refractivity contribution in [3.8, 4) is 5.75 Å². The highest BCUT2D eigenvalue weighted by Gasteiger charge is 2.10. The molecule has 0 radical (unpaired) electrons. The number of rotatable bonds is 4. The highest BCUT2D eigenvalue weighted by Crippen LogP contribution is 2.12. The van der Waals surface area contributed by atoms with Gasteiger partial charge in [0.2, 0.25) is 0 Å². The van der Waals surface area contributed by atoms with E-state index in [1.165, 1.54) is 16.8 Å². The van der Waals surface area contributed by atoms with Gasteiger partial charge in [-0.25, -0.2) is 10.4 Å². The number of aromatic hydroxyl groups is 1. The Kier molecular flexibility index (Phi) is 4.56. The lowest BCUT2D eigenvalue weighted by atomic mass is 10.2. The molecule has 1 amide bonds. The molecule has 0 bridgehead atoms. The number of hydrogen-bond donors (Lipinski definition) is 2. The Morgan fingerprint density at radius 2 is 1.96 bits per heavy atom. The molecule has 3 aromatic rings. The first kappa shape index (κ1) is 16.4. The number of nitrogens with one attached hydrogen (secondary N) is 1. The molecular formula is C18H16N4O3. The maximum Gasteiger partial charge on any atom is 0.272 e. The van der Waals surface area contributed by atoms with Crippen LogP contribution in [-0.2, 0) is 11.3 Å². The molecular weight excluding hydrogens is 320 g/mol. The van der Waals surface area contributed by atoms with E-state index >= 15 is 0 Å². The Hall–Kier alpha value is -3.48. The number of hydrazone groups is 1. The zero-order chi connectivity index (χ0) is 17.8. The minimum Gasteiger partial charge on any atom is -0.507 e. The standard InChI is InChI=1S/C18H16N4O3/c1-12-18(25)22(15-8-4-3-7-14(15)20-12)11-17(24)21-19-10-13-6-2-5-9-16(13)23/h2-10,23H,11H2,1H3,(H,21,24). The normalized spacial score (nSPS) is 11.1. The second-order valence-corrected chi connectivity index (χ2v) is 5.43. The van der Waals surface area contributed by atoms with Crippen molar-refractivity contribution in [3.63, 3.8) is 0 Å². The fraction of sp³-hybridized carbons (Fsp3) is 0.111. The van der Waals surface area contributed by atoms with E-state index in [0.29, 0.717) is 22.3 Å². The van der Waals surface area contributed by atoms with Crippen molar-refractivity contribution in [2.75, 3.05) is 0 Å². The number of phenols is 1. The topological polar surface area (TPSA) is 96.6 Å². The second kappa shape index (κ2) is 6.96. The first-order valence-corrected chi connectivity index (χ1v) is 7.62. The van der Waals surface area contributed by atoms with Gasteiger partial charge in [-0.2, -0.15) is 5.10 Å². The van der Waals surface area contributed by atoms with Gasteiger partial charge in [-0.15, -0.1) is 0 Å². The average molecular weight is 336 g/mol. The van der Waals surface area contributed by atoms with E-state index in [-0.39, 0.29) is 17.9 Å². The van der Waals surface area contributed by atoms with Crippen LogP contribution in [0.25, 0.3) is 11.0 Å². The molecule has 7 heteroatoms. The number of carbonyl (C=O) groups is 1. The van der Waals surface area contributed by atoms with Crippen molar-refractivity contribution in [1.29, 1.82) is 0 Å². The fourth-order valence-corrected chi connectivity index (χ4v) is 2.43. The first-order chi connectivity index (χ1) is 12.1. The lowest BCUT2D eigenvalue weighted by Gasteiger charge is -2.09. The second-order valence-electron chi connectivity index (χ2n) is 5.43. The van der Waals surface area contributed by atoms with Crippen LogP contribution in [0.1, 0.15) is 11.3 Å². The number of nitrogens with zero attached hydrogens (tertiary/aromatic N) is 3. The molecule has 0 aliphatic rings. The van der Waals surface area contributed by atoms with Gasteiger partial charge in [0.05, 0.1) is 17.2 Å². The lowest BCUT2D eigenvalue weighted by molar-refractivity contribution is -0.121. The largest absolute Gasteiger partial charge is 0.507 e. The van der Waals surface area contributed by atoms with Gasteiger partial charge in [0, 0.05) is 5.56 Å². The molecule has 0 aliphatic carbocycles. The van der Waals surface area contributed by atoms with Crippen LogP contribution >= 0.6 is 0 Å².